The number of carbonyl (C=O) groups is 1. The van der Waals surface area contributed by atoms with Crippen LogP contribution in [-0.4, -0.2) is 25.9 Å². The molecule has 0 fully saturated rings. The number of thioether (sulfide) groups is 1. The Balaban J connectivity index is 2.09. The second kappa shape index (κ2) is 7.61. The number of benzene rings is 1. The number of allylic oxidation sites excluding steroid dienone is 1. The molecule has 0 aliphatic carbocycles. The zero-order valence-corrected chi connectivity index (χ0v) is 13.8. The number of nitrogens with one attached hydrogen (secondary N) is 1. The van der Waals surface area contributed by atoms with Crippen molar-refractivity contribution < 1.29 is 4.79 Å². The topological polar surface area (TPSA) is 83.6 Å². The molecule has 118 valence electrons. The summed E-state index contributed by atoms with van der Waals surface area (Å²) < 4.78 is 1.89. The van der Waals surface area contributed by atoms with Crippen LogP contribution in [0.3, 0.4) is 0 Å². The van der Waals surface area contributed by atoms with Crippen LogP contribution < -0.4 is 5.32 Å². The molecule has 1 N–H and O–H groups in total. The van der Waals surface area contributed by atoms with Gasteiger partial charge in [-0.2, -0.15) is 5.26 Å². The van der Waals surface area contributed by atoms with Crippen LogP contribution in [-0.2, 0) is 11.3 Å². The van der Waals surface area contributed by atoms with Crippen molar-refractivity contribution in [2.75, 3.05) is 5.32 Å². The van der Waals surface area contributed by atoms with E-state index in [1.165, 1.54) is 11.8 Å². The van der Waals surface area contributed by atoms with Crippen molar-refractivity contribution in [2.45, 2.75) is 30.8 Å². The first-order chi connectivity index (χ1) is 11.1. The number of aryl methyl sites for hydroxylation is 1. The van der Waals surface area contributed by atoms with Gasteiger partial charge in [0.25, 0.3) is 0 Å². The summed E-state index contributed by atoms with van der Waals surface area (Å²) in [6.45, 7) is 7.95. The lowest BCUT2D eigenvalue weighted by Gasteiger charge is -2.13. The molecule has 0 spiro atoms. The van der Waals surface area contributed by atoms with Gasteiger partial charge in [0.15, 0.2) is 5.16 Å². The maximum absolute atomic E-state index is 12.3. The molecule has 0 bridgehead atoms. The molecule has 6 nitrogen and oxygen atoms in total. The van der Waals surface area contributed by atoms with Gasteiger partial charge in [-0.15, -0.1) is 16.8 Å². The van der Waals surface area contributed by atoms with Gasteiger partial charge in [-0.25, -0.2) is 0 Å². The van der Waals surface area contributed by atoms with Gasteiger partial charge in [0.05, 0.1) is 16.5 Å². The number of aromatic nitrogens is 3. The Morgan fingerprint density at radius 1 is 1.52 bits per heavy atom. The minimum Gasteiger partial charge on any atom is -0.324 e. The largest absolute Gasteiger partial charge is 0.324 e. The summed E-state index contributed by atoms with van der Waals surface area (Å²) in [5, 5.41) is 20.3. The van der Waals surface area contributed by atoms with Crippen LogP contribution in [0.4, 0.5) is 5.69 Å². The summed E-state index contributed by atoms with van der Waals surface area (Å²) in [4.78, 5) is 12.3. The standard InChI is InChI=1S/C16H17N5OS/c1-4-9-21-12(3)19-20-16(21)23-11(2)15(22)18-14-8-6-5-7-13(14)10-17/h4-8,11H,1,9H2,2-3H3,(H,18,22)/t11-/m1/s1. The lowest BCUT2D eigenvalue weighted by molar-refractivity contribution is -0.115. The highest BCUT2D eigenvalue weighted by molar-refractivity contribution is 8.00. The molecule has 0 unspecified atom stereocenters. The molecule has 1 heterocycles. The van der Waals surface area contributed by atoms with E-state index in [1.807, 2.05) is 11.5 Å². The van der Waals surface area contributed by atoms with E-state index in [2.05, 4.69) is 28.2 Å². The molecule has 23 heavy (non-hydrogen) atoms. The fourth-order valence-electron chi connectivity index (χ4n) is 1.92. The van der Waals surface area contributed by atoms with E-state index in [0.29, 0.717) is 23.0 Å². The molecule has 7 heteroatoms. The molecular formula is C16H17N5OS. The van der Waals surface area contributed by atoms with Crippen molar-refractivity contribution in [2.24, 2.45) is 0 Å². The number of nitrogens with zero attached hydrogens (tertiary/aromatic N) is 4. The monoisotopic (exact) mass is 327 g/mol. The van der Waals surface area contributed by atoms with Gasteiger partial charge >= 0.3 is 0 Å². The predicted molar refractivity (Wildman–Crippen MR) is 90.1 cm³/mol. The smallest absolute Gasteiger partial charge is 0.237 e. The first kappa shape index (κ1) is 16.8. The highest BCUT2D eigenvalue weighted by Gasteiger charge is 2.19. The van der Waals surface area contributed by atoms with Crippen molar-refractivity contribution in [1.29, 1.82) is 5.26 Å². The lowest BCUT2D eigenvalue weighted by Crippen LogP contribution is -2.23. The number of rotatable bonds is 6. The van der Waals surface area contributed by atoms with E-state index in [1.54, 1.807) is 37.3 Å². The average molecular weight is 327 g/mol. The number of hydrogen-bond acceptors (Lipinski definition) is 5. The van der Waals surface area contributed by atoms with E-state index >= 15 is 0 Å². The molecule has 1 amide bonds. The quantitative estimate of drug-likeness (QED) is 0.651. The Morgan fingerprint density at radius 2 is 2.26 bits per heavy atom. The molecule has 0 saturated carbocycles. The minimum absolute atomic E-state index is 0.191. The first-order valence-electron chi connectivity index (χ1n) is 7.04. The summed E-state index contributed by atoms with van der Waals surface area (Å²) in [7, 11) is 0. The van der Waals surface area contributed by atoms with Crippen molar-refractivity contribution in [1.82, 2.24) is 14.8 Å². The van der Waals surface area contributed by atoms with Crippen molar-refractivity contribution in [3.8, 4) is 6.07 Å². The average Bonchev–Trinajstić information content (AvgIpc) is 2.89. The third-order valence-electron chi connectivity index (χ3n) is 3.17. The van der Waals surface area contributed by atoms with Gasteiger partial charge < -0.3 is 9.88 Å². The molecule has 0 radical (unpaired) electrons. The van der Waals surface area contributed by atoms with Crippen LogP contribution in [0.5, 0.6) is 0 Å². The van der Waals surface area contributed by atoms with Gasteiger partial charge in [-0.1, -0.05) is 30.0 Å². The van der Waals surface area contributed by atoms with Crippen LogP contribution in [0.15, 0.2) is 42.1 Å². The van der Waals surface area contributed by atoms with Crippen LogP contribution in [0, 0.1) is 18.3 Å². The number of carbonyl (C=O) groups excluding carboxylic acids is 1. The van der Waals surface area contributed by atoms with Gasteiger partial charge in [-0.3, -0.25) is 4.79 Å². The van der Waals surface area contributed by atoms with E-state index in [9.17, 15) is 4.79 Å². The van der Waals surface area contributed by atoms with Crippen molar-refractivity contribution in [3.63, 3.8) is 0 Å². The van der Waals surface area contributed by atoms with Crippen LogP contribution in [0.25, 0.3) is 0 Å². The normalized spacial score (nSPS) is 11.5. The van der Waals surface area contributed by atoms with Crippen molar-refractivity contribution >= 4 is 23.4 Å². The fourth-order valence-corrected chi connectivity index (χ4v) is 2.83. The summed E-state index contributed by atoms with van der Waals surface area (Å²) in [6.07, 6.45) is 1.76. The summed E-state index contributed by atoms with van der Waals surface area (Å²) in [5.41, 5.74) is 0.944. The van der Waals surface area contributed by atoms with Crippen LogP contribution in [0.2, 0.25) is 0 Å². The van der Waals surface area contributed by atoms with Gasteiger partial charge in [0.2, 0.25) is 5.91 Å². The minimum atomic E-state index is -0.381. The SMILES string of the molecule is C=CCn1c(C)nnc1S[C@H](C)C(=O)Nc1ccccc1C#N. The summed E-state index contributed by atoms with van der Waals surface area (Å²) in [6, 6.07) is 8.96. The van der Waals surface area contributed by atoms with E-state index in [4.69, 9.17) is 5.26 Å². The summed E-state index contributed by atoms with van der Waals surface area (Å²) >= 11 is 1.32. The molecule has 0 aliphatic rings. The Bertz CT molecular complexity index is 762. The number of amides is 1. The third kappa shape index (κ3) is 3.99. The highest BCUT2D eigenvalue weighted by atomic mass is 32.2. The van der Waals surface area contributed by atoms with Crippen LogP contribution in [0.1, 0.15) is 18.3 Å². The Kier molecular flexibility index (Phi) is 5.55. The molecular weight excluding hydrogens is 310 g/mol. The Morgan fingerprint density at radius 3 is 2.96 bits per heavy atom. The summed E-state index contributed by atoms with van der Waals surface area (Å²) in [5.74, 6) is 0.582. The second-order valence-corrected chi connectivity index (χ2v) is 6.14. The molecule has 1 aromatic carbocycles. The molecule has 1 atom stereocenters. The number of nitriles is 1. The maximum Gasteiger partial charge on any atom is 0.237 e. The molecule has 2 rings (SSSR count). The Labute approximate surface area is 139 Å². The predicted octanol–water partition coefficient (Wildman–Crippen LogP) is 2.76. The molecule has 2 aromatic rings. The van der Waals surface area contributed by atoms with Gasteiger partial charge in [-0.05, 0) is 26.0 Å². The van der Waals surface area contributed by atoms with Crippen molar-refractivity contribution in [3.05, 3.63) is 48.3 Å². The zero-order valence-electron chi connectivity index (χ0n) is 13.0. The molecule has 1 aromatic heterocycles. The van der Waals surface area contributed by atoms with Crippen LogP contribution >= 0.6 is 11.8 Å². The molecule has 0 aliphatic heterocycles. The number of hydrogen-bond donors (Lipinski definition) is 1. The van der Waals surface area contributed by atoms with Gasteiger partial charge in [0, 0.05) is 6.54 Å². The lowest BCUT2D eigenvalue weighted by atomic mass is 10.2. The number of anilines is 1. The molecule has 0 saturated heterocycles. The van der Waals surface area contributed by atoms with E-state index in [-0.39, 0.29) is 11.2 Å². The van der Waals surface area contributed by atoms with E-state index < -0.39 is 0 Å². The number of para-hydroxylation sites is 1. The van der Waals surface area contributed by atoms with Gasteiger partial charge in [0.1, 0.15) is 11.9 Å². The first-order valence-corrected chi connectivity index (χ1v) is 7.92. The maximum atomic E-state index is 12.3. The second-order valence-electron chi connectivity index (χ2n) is 4.84. The third-order valence-corrected chi connectivity index (χ3v) is 4.25. The fraction of sp³-hybridized carbons (Fsp3) is 0.250. The van der Waals surface area contributed by atoms with E-state index in [0.717, 1.165) is 5.82 Å². The highest BCUT2D eigenvalue weighted by Crippen LogP contribution is 2.24. The zero-order chi connectivity index (χ0) is 16.8. The Hall–Kier alpha value is -2.59.